The van der Waals surface area contributed by atoms with Gasteiger partial charge in [0, 0.05) is 10.7 Å². The fourth-order valence-corrected chi connectivity index (χ4v) is 4.99. The number of para-hydroxylation sites is 2. The summed E-state index contributed by atoms with van der Waals surface area (Å²) in [5.41, 5.74) is 1.69. The number of carbonyl (C=O) groups excluding carboxylic acids is 1. The minimum absolute atomic E-state index is 0.154. The van der Waals surface area contributed by atoms with Crippen LogP contribution in [-0.2, 0) is 11.4 Å². The first kappa shape index (κ1) is 22.4. The predicted octanol–water partition coefficient (Wildman–Crippen LogP) is 5.84. The minimum atomic E-state index is -0.170. The van der Waals surface area contributed by atoms with E-state index in [1.54, 1.807) is 12.1 Å². The number of nitrogens with one attached hydrogen (secondary N) is 1. The van der Waals surface area contributed by atoms with Crippen molar-refractivity contribution in [2.45, 2.75) is 11.8 Å². The summed E-state index contributed by atoms with van der Waals surface area (Å²) in [6.45, 7) is 0.220. The molecule has 0 aliphatic carbocycles. The Bertz CT molecular complexity index is 1390. The zero-order valence-corrected chi connectivity index (χ0v) is 20.1. The molecule has 1 amide bonds. The highest BCUT2D eigenvalue weighted by atomic mass is 35.5. The normalized spacial score (nSPS) is 11.0. The zero-order chi connectivity index (χ0) is 23.3. The van der Waals surface area contributed by atoms with Crippen LogP contribution in [0.15, 0.2) is 84.0 Å². The van der Waals surface area contributed by atoms with E-state index in [0.717, 1.165) is 21.7 Å². The van der Waals surface area contributed by atoms with Crippen LogP contribution in [0.25, 0.3) is 15.9 Å². The average molecular weight is 508 g/mol. The number of thiazole rings is 1. The summed E-state index contributed by atoms with van der Waals surface area (Å²) in [5.74, 6) is 1.33. The second-order valence-corrected chi connectivity index (χ2v) is 9.55. The molecule has 10 heteroatoms. The number of fused-ring (bicyclic) bond motifs is 1. The lowest BCUT2D eigenvalue weighted by molar-refractivity contribution is -0.113. The number of anilines is 1. The van der Waals surface area contributed by atoms with Crippen LogP contribution in [0, 0.1) is 0 Å². The largest absolute Gasteiger partial charge is 0.486 e. The maximum Gasteiger partial charge on any atom is 0.236 e. The molecule has 0 unspecified atom stereocenters. The average Bonchev–Trinajstić information content (AvgIpc) is 3.46. The summed E-state index contributed by atoms with van der Waals surface area (Å²) in [4.78, 5) is 17.1. The van der Waals surface area contributed by atoms with Crippen molar-refractivity contribution in [2.24, 2.45) is 0 Å². The Morgan fingerprint density at radius 1 is 1.00 bits per heavy atom. The number of halogens is 1. The first-order valence-corrected chi connectivity index (χ1v) is 12.5. The molecule has 170 valence electrons. The summed E-state index contributed by atoms with van der Waals surface area (Å²) in [6.07, 6.45) is 0. The van der Waals surface area contributed by atoms with E-state index in [-0.39, 0.29) is 18.3 Å². The minimum Gasteiger partial charge on any atom is -0.486 e. The van der Waals surface area contributed by atoms with Gasteiger partial charge < -0.3 is 10.1 Å². The topological polar surface area (TPSA) is 81.9 Å². The van der Waals surface area contributed by atoms with Gasteiger partial charge in [-0.05, 0) is 48.5 Å². The highest BCUT2D eigenvalue weighted by Gasteiger charge is 2.17. The number of thioether (sulfide) groups is 1. The third kappa shape index (κ3) is 5.22. The van der Waals surface area contributed by atoms with Crippen molar-refractivity contribution < 1.29 is 9.53 Å². The molecule has 0 aliphatic heterocycles. The molecule has 5 rings (SSSR count). The molecule has 0 aliphatic rings. The van der Waals surface area contributed by atoms with E-state index in [9.17, 15) is 4.79 Å². The Morgan fingerprint density at radius 3 is 2.56 bits per heavy atom. The second kappa shape index (κ2) is 10.3. The highest BCUT2D eigenvalue weighted by Crippen LogP contribution is 2.27. The van der Waals surface area contributed by atoms with Gasteiger partial charge in [0.1, 0.15) is 12.4 Å². The number of benzene rings is 3. The van der Waals surface area contributed by atoms with E-state index in [0.29, 0.717) is 21.1 Å². The molecule has 34 heavy (non-hydrogen) atoms. The summed E-state index contributed by atoms with van der Waals surface area (Å²) < 4.78 is 8.77. The molecule has 0 spiro atoms. The SMILES string of the molecule is O=C(CSc1nnc(COc2ccccc2)n1-c1ccc(Cl)cc1)Nc1nc2ccccc2s1. The van der Waals surface area contributed by atoms with Crippen LogP contribution in [0.2, 0.25) is 5.02 Å². The molecule has 0 saturated carbocycles. The van der Waals surface area contributed by atoms with Crippen LogP contribution >= 0.6 is 34.7 Å². The van der Waals surface area contributed by atoms with Gasteiger partial charge in [0.05, 0.1) is 16.0 Å². The van der Waals surface area contributed by atoms with E-state index in [4.69, 9.17) is 16.3 Å². The van der Waals surface area contributed by atoms with Crippen LogP contribution in [0.5, 0.6) is 5.75 Å². The van der Waals surface area contributed by atoms with Crippen molar-refractivity contribution in [3.63, 3.8) is 0 Å². The summed E-state index contributed by atoms with van der Waals surface area (Å²) >= 11 is 8.81. The monoisotopic (exact) mass is 507 g/mol. The number of nitrogens with zero attached hydrogens (tertiary/aromatic N) is 4. The summed E-state index contributed by atoms with van der Waals surface area (Å²) in [6, 6.07) is 24.6. The Hall–Kier alpha value is -3.40. The molecule has 0 saturated heterocycles. The molecule has 0 bridgehead atoms. The third-order valence-corrected chi connectivity index (χ3v) is 6.90. The van der Waals surface area contributed by atoms with Gasteiger partial charge in [-0.3, -0.25) is 9.36 Å². The van der Waals surface area contributed by atoms with Crippen LogP contribution < -0.4 is 10.1 Å². The van der Waals surface area contributed by atoms with Gasteiger partial charge in [-0.2, -0.15) is 0 Å². The molecule has 0 radical (unpaired) electrons. The number of ether oxygens (including phenoxy) is 1. The summed E-state index contributed by atoms with van der Waals surface area (Å²) in [5, 5.41) is 13.3. The molecular weight excluding hydrogens is 490 g/mol. The van der Waals surface area contributed by atoms with Gasteiger partial charge in [-0.1, -0.05) is 65.0 Å². The Kier molecular flexibility index (Phi) is 6.75. The first-order valence-electron chi connectivity index (χ1n) is 10.3. The van der Waals surface area contributed by atoms with Crippen molar-refractivity contribution >= 4 is 56.0 Å². The fourth-order valence-electron chi connectivity index (χ4n) is 3.21. The number of rotatable bonds is 8. The maximum absolute atomic E-state index is 12.6. The first-order chi connectivity index (χ1) is 16.7. The van der Waals surface area contributed by atoms with Crippen molar-refractivity contribution in [3.05, 3.63) is 89.7 Å². The Balaban J connectivity index is 1.32. The lowest BCUT2D eigenvalue weighted by Crippen LogP contribution is -2.14. The number of amides is 1. The summed E-state index contributed by atoms with van der Waals surface area (Å²) in [7, 11) is 0. The third-order valence-electron chi connectivity index (χ3n) is 4.77. The van der Waals surface area contributed by atoms with E-state index >= 15 is 0 Å². The quantitative estimate of drug-likeness (QED) is 0.266. The van der Waals surface area contributed by atoms with Crippen LogP contribution in [0.4, 0.5) is 5.13 Å². The van der Waals surface area contributed by atoms with Gasteiger partial charge >= 0.3 is 0 Å². The predicted molar refractivity (Wildman–Crippen MR) is 136 cm³/mol. The van der Waals surface area contributed by atoms with E-state index in [1.165, 1.54) is 23.1 Å². The highest BCUT2D eigenvalue weighted by molar-refractivity contribution is 7.99. The molecular formula is C24H18ClN5O2S2. The zero-order valence-electron chi connectivity index (χ0n) is 17.7. The van der Waals surface area contributed by atoms with Crippen LogP contribution in [-0.4, -0.2) is 31.4 Å². The number of carbonyl (C=O) groups is 1. The van der Waals surface area contributed by atoms with E-state index in [2.05, 4.69) is 20.5 Å². The number of hydrogen-bond donors (Lipinski definition) is 1. The van der Waals surface area contributed by atoms with Crippen molar-refractivity contribution in [2.75, 3.05) is 11.1 Å². The molecule has 1 N–H and O–H groups in total. The van der Waals surface area contributed by atoms with Crippen LogP contribution in [0.1, 0.15) is 5.82 Å². The molecule has 7 nitrogen and oxygen atoms in total. The van der Waals surface area contributed by atoms with Gasteiger partial charge in [0.25, 0.3) is 0 Å². The lowest BCUT2D eigenvalue weighted by Gasteiger charge is -2.11. The number of hydrogen-bond acceptors (Lipinski definition) is 7. The number of aromatic nitrogens is 4. The van der Waals surface area contributed by atoms with Crippen LogP contribution in [0.3, 0.4) is 0 Å². The van der Waals surface area contributed by atoms with Crippen molar-refractivity contribution in [3.8, 4) is 11.4 Å². The standard InChI is InChI=1S/C24H18ClN5O2S2/c25-16-10-12-17(13-11-16)30-21(14-32-18-6-2-1-3-7-18)28-29-24(30)33-15-22(31)27-23-26-19-8-4-5-9-20(19)34-23/h1-13H,14-15H2,(H,26,27,31). The lowest BCUT2D eigenvalue weighted by atomic mass is 10.3. The molecule has 0 atom stereocenters. The Morgan fingerprint density at radius 2 is 1.76 bits per heavy atom. The molecule has 2 heterocycles. The second-order valence-electron chi connectivity index (χ2n) is 7.14. The molecule has 5 aromatic rings. The fraction of sp³-hybridized carbons (Fsp3) is 0.0833. The van der Waals surface area contributed by atoms with E-state index in [1.807, 2.05) is 71.3 Å². The van der Waals surface area contributed by atoms with Gasteiger partial charge in [-0.25, -0.2) is 4.98 Å². The maximum atomic E-state index is 12.6. The van der Waals surface area contributed by atoms with Crippen molar-refractivity contribution in [1.29, 1.82) is 0 Å². The smallest absolute Gasteiger partial charge is 0.236 e. The van der Waals surface area contributed by atoms with E-state index < -0.39 is 0 Å². The Labute approximate surface area is 208 Å². The van der Waals surface area contributed by atoms with Crippen molar-refractivity contribution in [1.82, 2.24) is 19.7 Å². The molecule has 2 aromatic heterocycles. The van der Waals surface area contributed by atoms with Gasteiger partial charge in [0.15, 0.2) is 16.1 Å². The van der Waals surface area contributed by atoms with Gasteiger partial charge in [-0.15, -0.1) is 10.2 Å². The molecule has 0 fully saturated rings. The molecule has 3 aromatic carbocycles. The van der Waals surface area contributed by atoms with Gasteiger partial charge in [0.2, 0.25) is 5.91 Å².